The molecule has 2 aromatic rings. The van der Waals surface area contributed by atoms with Gasteiger partial charge in [-0.1, -0.05) is 57.0 Å². The highest BCUT2D eigenvalue weighted by atomic mass is 16.2. The Bertz CT molecular complexity index is 793. The summed E-state index contributed by atoms with van der Waals surface area (Å²) in [5.74, 6) is 1.66. The number of nitrogens with zero attached hydrogens (tertiary/aromatic N) is 3. The maximum Gasteiger partial charge on any atom is 0.257 e. The highest BCUT2D eigenvalue weighted by molar-refractivity contribution is 6.00. The Hall–Kier alpha value is -2.43. The van der Waals surface area contributed by atoms with E-state index in [0.717, 1.165) is 38.0 Å². The van der Waals surface area contributed by atoms with Crippen LogP contribution in [0.5, 0.6) is 0 Å². The van der Waals surface area contributed by atoms with Crippen LogP contribution in [0.3, 0.4) is 0 Å². The molecule has 5 nitrogen and oxygen atoms in total. The Morgan fingerprint density at radius 2 is 1.86 bits per heavy atom. The van der Waals surface area contributed by atoms with Gasteiger partial charge in [0.1, 0.15) is 0 Å². The average molecular weight is 381 g/mol. The van der Waals surface area contributed by atoms with Gasteiger partial charge < -0.3 is 10.2 Å². The minimum atomic E-state index is 0.0362. The van der Waals surface area contributed by atoms with Gasteiger partial charge in [-0.25, -0.2) is 9.97 Å². The van der Waals surface area contributed by atoms with Gasteiger partial charge >= 0.3 is 0 Å². The zero-order valence-electron chi connectivity index (χ0n) is 17.5. The van der Waals surface area contributed by atoms with Crippen LogP contribution in [-0.4, -0.2) is 40.4 Å². The van der Waals surface area contributed by atoms with Crippen molar-refractivity contribution in [2.45, 2.75) is 47.0 Å². The lowest BCUT2D eigenvalue weighted by Crippen LogP contribution is -2.42. The third-order valence-electron chi connectivity index (χ3n) is 5.31. The summed E-state index contributed by atoms with van der Waals surface area (Å²) in [4.78, 5) is 24.5. The van der Waals surface area contributed by atoms with Crippen molar-refractivity contribution in [2.24, 2.45) is 11.8 Å². The SMILES string of the molecule is CCCCNc1ncc(C(=O)N2CC(C)CC(C)C2)c(-c2ccc(C)cc2)n1. The fraction of sp³-hybridized carbons (Fsp3) is 0.522. The van der Waals surface area contributed by atoms with Crippen LogP contribution in [-0.2, 0) is 0 Å². The molecule has 0 aliphatic carbocycles. The Morgan fingerprint density at radius 3 is 2.50 bits per heavy atom. The summed E-state index contributed by atoms with van der Waals surface area (Å²) in [7, 11) is 0. The molecule has 0 spiro atoms. The van der Waals surface area contributed by atoms with Crippen LogP contribution >= 0.6 is 0 Å². The number of unbranched alkanes of at least 4 members (excludes halogenated alkanes) is 1. The van der Waals surface area contributed by atoms with Gasteiger partial charge in [-0.15, -0.1) is 0 Å². The zero-order chi connectivity index (χ0) is 20.1. The van der Waals surface area contributed by atoms with E-state index >= 15 is 0 Å². The smallest absolute Gasteiger partial charge is 0.257 e. The van der Waals surface area contributed by atoms with Crippen molar-refractivity contribution in [3.8, 4) is 11.3 Å². The van der Waals surface area contributed by atoms with E-state index in [-0.39, 0.29) is 5.91 Å². The standard InChI is InChI=1S/C23H32N4O/c1-5-6-11-24-23-25-13-20(21(26-23)19-9-7-16(2)8-10-19)22(28)27-14-17(3)12-18(4)15-27/h7-10,13,17-18H,5-6,11-12,14-15H2,1-4H3,(H,24,25,26). The zero-order valence-corrected chi connectivity index (χ0v) is 17.5. The van der Waals surface area contributed by atoms with E-state index < -0.39 is 0 Å². The van der Waals surface area contributed by atoms with Crippen molar-refractivity contribution >= 4 is 11.9 Å². The average Bonchev–Trinajstić information content (AvgIpc) is 2.67. The molecule has 1 aliphatic heterocycles. The molecule has 2 atom stereocenters. The lowest BCUT2D eigenvalue weighted by molar-refractivity contribution is 0.0623. The van der Waals surface area contributed by atoms with Crippen molar-refractivity contribution in [3.63, 3.8) is 0 Å². The number of benzene rings is 1. The minimum absolute atomic E-state index is 0.0362. The number of hydrogen-bond donors (Lipinski definition) is 1. The molecule has 1 N–H and O–H groups in total. The first-order valence-corrected chi connectivity index (χ1v) is 10.4. The van der Waals surface area contributed by atoms with Crippen molar-refractivity contribution in [1.82, 2.24) is 14.9 Å². The molecule has 1 fully saturated rings. The van der Waals surface area contributed by atoms with Crippen molar-refractivity contribution < 1.29 is 4.79 Å². The molecule has 1 aromatic carbocycles. The number of likely N-dealkylation sites (tertiary alicyclic amines) is 1. The number of nitrogens with one attached hydrogen (secondary N) is 1. The summed E-state index contributed by atoms with van der Waals surface area (Å²) < 4.78 is 0. The van der Waals surface area contributed by atoms with E-state index in [4.69, 9.17) is 4.98 Å². The van der Waals surface area contributed by atoms with Gasteiger partial charge in [-0.05, 0) is 31.6 Å². The van der Waals surface area contributed by atoms with E-state index in [1.54, 1.807) is 6.20 Å². The third-order valence-corrected chi connectivity index (χ3v) is 5.31. The molecule has 1 amide bonds. The summed E-state index contributed by atoms with van der Waals surface area (Å²) in [6, 6.07) is 8.18. The second-order valence-electron chi connectivity index (χ2n) is 8.26. The van der Waals surface area contributed by atoms with E-state index in [1.165, 1.54) is 12.0 Å². The first kappa shape index (κ1) is 20.3. The molecule has 3 rings (SSSR count). The van der Waals surface area contributed by atoms with Crippen LogP contribution in [0.2, 0.25) is 0 Å². The molecule has 150 valence electrons. The van der Waals surface area contributed by atoms with Gasteiger partial charge in [0.15, 0.2) is 0 Å². The fourth-order valence-electron chi connectivity index (χ4n) is 3.93. The van der Waals surface area contributed by atoms with Crippen LogP contribution in [0.15, 0.2) is 30.5 Å². The number of anilines is 1. The Kier molecular flexibility index (Phi) is 6.65. The summed E-state index contributed by atoms with van der Waals surface area (Å²) >= 11 is 0. The first-order valence-electron chi connectivity index (χ1n) is 10.4. The summed E-state index contributed by atoms with van der Waals surface area (Å²) in [6.45, 7) is 11.1. The fourth-order valence-corrected chi connectivity index (χ4v) is 3.93. The van der Waals surface area contributed by atoms with Crippen LogP contribution in [0.25, 0.3) is 11.3 Å². The highest BCUT2D eigenvalue weighted by Crippen LogP contribution is 2.27. The van der Waals surface area contributed by atoms with Gasteiger partial charge in [0.05, 0.1) is 11.3 Å². The van der Waals surface area contributed by atoms with Crippen molar-refractivity contribution in [2.75, 3.05) is 25.0 Å². The molecule has 28 heavy (non-hydrogen) atoms. The van der Waals surface area contributed by atoms with Gasteiger partial charge in [-0.2, -0.15) is 0 Å². The topological polar surface area (TPSA) is 58.1 Å². The molecule has 0 radical (unpaired) electrons. The largest absolute Gasteiger partial charge is 0.354 e. The van der Waals surface area contributed by atoms with Gasteiger partial charge in [0.25, 0.3) is 5.91 Å². The third kappa shape index (κ3) is 4.89. The molecule has 5 heteroatoms. The molecular weight excluding hydrogens is 348 g/mol. The van der Waals surface area contributed by atoms with Gasteiger partial charge in [-0.3, -0.25) is 4.79 Å². The normalized spacial score (nSPS) is 19.5. The molecule has 0 saturated carbocycles. The maximum atomic E-state index is 13.3. The quantitative estimate of drug-likeness (QED) is 0.733. The Morgan fingerprint density at radius 1 is 1.18 bits per heavy atom. The Labute approximate surface area is 168 Å². The van der Waals surface area contributed by atoms with E-state index in [2.05, 4.69) is 50.1 Å². The monoisotopic (exact) mass is 380 g/mol. The summed E-state index contributed by atoms with van der Waals surface area (Å²) in [5, 5.41) is 3.28. The number of hydrogen-bond acceptors (Lipinski definition) is 4. The number of aryl methyl sites for hydroxylation is 1. The minimum Gasteiger partial charge on any atom is -0.354 e. The highest BCUT2D eigenvalue weighted by Gasteiger charge is 2.28. The van der Waals surface area contributed by atoms with Gasteiger partial charge in [0.2, 0.25) is 5.95 Å². The second-order valence-corrected chi connectivity index (χ2v) is 8.26. The number of aromatic nitrogens is 2. The molecule has 1 saturated heterocycles. The number of piperidine rings is 1. The summed E-state index contributed by atoms with van der Waals surface area (Å²) in [6.07, 6.45) is 5.04. The van der Waals surface area contributed by atoms with E-state index in [1.807, 2.05) is 17.0 Å². The van der Waals surface area contributed by atoms with E-state index in [9.17, 15) is 4.79 Å². The number of carbonyl (C=O) groups excluding carboxylic acids is 1. The van der Waals surface area contributed by atoms with Crippen LogP contribution in [0.1, 0.15) is 56.0 Å². The van der Waals surface area contributed by atoms with Crippen molar-refractivity contribution in [3.05, 3.63) is 41.6 Å². The predicted octanol–water partition coefficient (Wildman–Crippen LogP) is 4.78. The molecule has 1 aliphatic rings. The van der Waals surface area contributed by atoms with Gasteiger partial charge in [0, 0.05) is 31.4 Å². The summed E-state index contributed by atoms with van der Waals surface area (Å²) in [5.41, 5.74) is 3.44. The molecule has 1 aromatic heterocycles. The number of rotatable bonds is 6. The predicted molar refractivity (Wildman–Crippen MR) is 114 cm³/mol. The maximum absolute atomic E-state index is 13.3. The first-order chi connectivity index (χ1) is 13.5. The van der Waals surface area contributed by atoms with E-state index in [0.29, 0.717) is 29.0 Å². The Balaban J connectivity index is 1.94. The second kappa shape index (κ2) is 9.18. The molecule has 2 unspecified atom stereocenters. The van der Waals surface area contributed by atoms with Crippen LogP contribution in [0.4, 0.5) is 5.95 Å². The lowest BCUT2D eigenvalue weighted by Gasteiger charge is -2.35. The number of carbonyl (C=O) groups is 1. The molecular formula is C23H32N4O. The van der Waals surface area contributed by atoms with Crippen LogP contribution < -0.4 is 5.32 Å². The van der Waals surface area contributed by atoms with Crippen LogP contribution in [0, 0.1) is 18.8 Å². The molecule has 2 heterocycles. The lowest BCUT2D eigenvalue weighted by atomic mass is 9.91. The molecule has 0 bridgehead atoms. The number of amides is 1. The van der Waals surface area contributed by atoms with Crippen molar-refractivity contribution in [1.29, 1.82) is 0 Å².